The Bertz CT molecular complexity index is 1300. The van der Waals surface area contributed by atoms with Gasteiger partial charge in [-0.05, 0) is 32.4 Å². The molecule has 0 aliphatic carbocycles. The third-order valence-corrected chi connectivity index (χ3v) is 6.01. The molecule has 2 unspecified atom stereocenters. The molecule has 0 fully saturated rings. The van der Waals surface area contributed by atoms with Crippen molar-refractivity contribution >= 4 is 40.0 Å². The van der Waals surface area contributed by atoms with Gasteiger partial charge >= 0.3 is 0 Å². The van der Waals surface area contributed by atoms with Crippen LogP contribution >= 0.6 is 11.6 Å². The highest BCUT2D eigenvalue weighted by atomic mass is 35.5. The van der Waals surface area contributed by atoms with E-state index >= 15 is 0 Å². The summed E-state index contributed by atoms with van der Waals surface area (Å²) in [5.41, 5.74) is 2.20. The molecule has 1 aliphatic heterocycles. The van der Waals surface area contributed by atoms with Crippen molar-refractivity contribution in [3.63, 3.8) is 0 Å². The zero-order chi connectivity index (χ0) is 23.5. The van der Waals surface area contributed by atoms with Crippen LogP contribution in [-0.4, -0.2) is 33.1 Å². The van der Waals surface area contributed by atoms with Gasteiger partial charge in [-0.3, -0.25) is 14.5 Å². The Balaban J connectivity index is 1.78. The van der Waals surface area contributed by atoms with Crippen LogP contribution in [0.25, 0.3) is 11.0 Å². The van der Waals surface area contributed by atoms with Crippen molar-refractivity contribution in [3.8, 4) is 0 Å². The maximum atomic E-state index is 13.7. The Kier molecular flexibility index (Phi) is 6.46. The van der Waals surface area contributed by atoms with Gasteiger partial charge < -0.3 is 15.6 Å². The lowest BCUT2D eigenvalue weighted by Crippen LogP contribution is -2.60. The molecular weight excluding hydrogens is 440 g/mol. The van der Waals surface area contributed by atoms with E-state index in [0.29, 0.717) is 33.9 Å². The maximum Gasteiger partial charge on any atom is 0.263 e. The Hall–Kier alpha value is -3.65. The molecular formula is C24H25ClN6O2. The average Bonchev–Trinajstić information content (AvgIpc) is 2.83. The van der Waals surface area contributed by atoms with Crippen LogP contribution in [0.5, 0.6) is 0 Å². The van der Waals surface area contributed by atoms with Crippen molar-refractivity contribution in [1.29, 1.82) is 0 Å². The number of benzene rings is 1. The molecule has 1 aliphatic rings. The minimum absolute atomic E-state index is 0.191. The predicted molar refractivity (Wildman–Crippen MR) is 131 cm³/mol. The lowest BCUT2D eigenvalue weighted by Gasteiger charge is -2.42. The van der Waals surface area contributed by atoms with E-state index in [0.717, 1.165) is 11.4 Å². The highest BCUT2D eigenvalue weighted by molar-refractivity contribution is 6.36. The number of H-pyrrole nitrogens is 1. The molecule has 170 valence electrons. The van der Waals surface area contributed by atoms with Crippen LogP contribution in [0, 0.1) is 0 Å². The normalized spacial score (nSPS) is 17.8. The van der Waals surface area contributed by atoms with Gasteiger partial charge in [-0.25, -0.2) is 9.97 Å². The highest BCUT2D eigenvalue weighted by Crippen LogP contribution is 2.32. The monoisotopic (exact) mass is 464 g/mol. The van der Waals surface area contributed by atoms with Gasteiger partial charge in [0.15, 0.2) is 5.43 Å². The third kappa shape index (κ3) is 4.21. The fourth-order valence-electron chi connectivity index (χ4n) is 3.99. The van der Waals surface area contributed by atoms with Crippen LogP contribution in [0.3, 0.4) is 0 Å². The number of allylic oxidation sites excluding steroid dienone is 2. The number of rotatable bonds is 6. The van der Waals surface area contributed by atoms with E-state index in [1.807, 2.05) is 44.2 Å². The first-order valence-electron chi connectivity index (χ1n) is 10.8. The summed E-state index contributed by atoms with van der Waals surface area (Å²) in [6, 6.07) is 10.5. The van der Waals surface area contributed by atoms with Gasteiger partial charge in [0.1, 0.15) is 29.3 Å². The molecule has 0 radical (unpaired) electrons. The van der Waals surface area contributed by atoms with Crippen LogP contribution < -0.4 is 21.0 Å². The van der Waals surface area contributed by atoms with E-state index in [1.165, 1.54) is 12.4 Å². The summed E-state index contributed by atoms with van der Waals surface area (Å²) >= 11 is 6.45. The summed E-state index contributed by atoms with van der Waals surface area (Å²) in [5.74, 6) is 0.208. The van der Waals surface area contributed by atoms with E-state index in [1.54, 1.807) is 24.1 Å². The van der Waals surface area contributed by atoms with Crippen LogP contribution in [0.4, 0.5) is 11.5 Å². The molecule has 0 saturated carbocycles. The number of aromatic nitrogens is 3. The molecule has 0 saturated heterocycles. The predicted octanol–water partition coefficient (Wildman–Crippen LogP) is 3.89. The van der Waals surface area contributed by atoms with Crippen molar-refractivity contribution < 1.29 is 4.79 Å². The first-order valence-corrected chi connectivity index (χ1v) is 11.1. The van der Waals surface area contributed by atoms with Crippen LogP contribution in [0.15, 0.2) is 76.1 Å². The summed E-state index contributed by atoms with van der Waals surface area (Å²) in [4.78, 5) is 39.3. The number of carbonyl (C=O) groups is 1. The number of aromatic amines is 1. The summed E-state index contributed by atoms with van der Waals surface area (Å²) in [6.45, 7) is 5.71. The second kappa shape index (κ2) is 9.46. The van der Waals surface area contributed by atoms with Crippen molar-refractivity contribution in [2.45, 2.75) is 39.4 Å². The molecule has 33 heavy (non-hydrogen) atoms. The smallest absolute Gasteiger partial charge is 0.263 e. The molecule has 8 nitrogen and oxygen atoms in total. The zero-order valence-electron chi connectivity index (χ0n) is 18.6. The number of hydrogen-bond donors (Lipinski definition) is 3. The molecule has 2 atom stereocenters. The molecule has 2 aromatic heterocycles. The summed E-state index contributed by atoms with van der Waals surface area (Å²) in [6.07, 6.45) is 4.80. The standard InChI is InChI=1S/C24H25ClN6O2/c1-4-16(25)19-17(5-2)30-23(31(24(19)33)15-9-7-6-8-10-15)14(3)29-22-20-18(32)11-12-26-21(20)27-13-28-22/h4,6-14,23,30H,5H2,1-3H3,(H2,26,27,28,29,32)/b16-4+. The number of para-hydroxylation sites is 1. The average molecular weight is 465 g/mol. The SMILES string of the molecule is C/C=C(/Cl)C1=C(CC)NC(C(C)Nc2ncnc3[nH]ccc(=O)c23)N(c2ccccc2)C1=O. The first kappa shape index (κ1) is 22.5. The van der Waals surface area contributed by atoms with Gasteiger partial charge in [-0.15, -0.1) is 0 Å². The van der Waals surface area contributed by atoms with Gasteiger partial charge in [0, 0.05) is 23.6 Å². The summed E-state index contributed by atoms with van der Waals surface area (Å²) < 4.78 is 0. The first-order chi connectivity index (χ1) is 16.0. The van der Waals surface area contributed by atoms with Crippen molar-refractivity contribution in [2.24, 2.45) is 0 Å². The molecule has 3 aromatic rings. The van der Waals surface area contributed by atoms with E-state index in [4.69, 9.17) is 11.6 Å². The second-order valence-corrected chi connectivity index (χ2v) is 8.07. The fourth-order valence-corrected chi connectivity index (χ4v) is 4.18. The van der Waals surface area contributed by atoms with Crippen LogP contribution in [0.1, 0.15) is 27.2 Å². The van der Waals surface area contributed by atoms with Gasteiger partial charge in [0.25, 0.3) is 5.91 Å². The molecule has 4 rings (SSSR count). The number of carbonyl (C=O) groups excluding carboxylic acids is 1. The molecule has 3 N–H and O–H groups in total. The van der Waals surface area contributed by atoms with Crippen LogP contribution in [-0.2, 0) is 4.79 Å². The van der Waals surface area contributed by atoms with Crippen molar-refractivity contribution in [1.82, 2.24) is 20.3 Å². The Morgan fingerprint density at radius 2 is 2.00 bits per heavy atom. The summed E-state index contributed by atoms with van der Waals surface area (Å²) in [7, 11) is 0. The number of hydrogen-bond acceptors (Lipinski definition) is 6. The van der Waals surface area contributed by atoms with Gasteiger partial charge in [-0.2, -0.15) is 0 Å². The summed E-state index contributed by atoms with van der Waals surface area (Å²) in [5, 5.41) is 7.58. The number of nitrogens with zero attached hydrogens (tertiary/aromatic N) is 3. The topological polar surface area (TPSA) is 103 Å². The third-order valence-electron chi connectivity index (χ3n) is 5.60. The van der Waals surface area contributed by atoms with Crippen LogP contribution in [0.2, 0.25) is 0 Å². The Morgan fingerprint density at radius 1 is 1.24 bits per heavy atom. The molecule has 9 heteroatoms. The van der Waals surface area contributed by atoms with Gasteiger partial charge in [-0.1, -0.05) is 42.8 Å². The molecule has 1 amide bonds. The zero-order valence-corrected chi connectivity index (χ0v) is 19.3. The second-order valence-electron chi connectivity index (χ2n) is 7.66. The van der Waals surface area contributed by atoms with Gasteiger partial charge in [0.2, 0.25) is 0 Å². The largest absolute Gasteiger partial charge is 0.366 e. The van der Waals surface area contributed by atoms with Crippen molar-refractivity contribution in [3.05, 3.63) is 81.5 Å². The molecule has 0 spiro atoms. The lowest BCUT2D eigenvalue weighted by molar-refractivity contribution is -0.116. The minimum Gasteiger partial charge on any atom is -0.366 e. The molecule has 3 heterocycles. The number of pyridine rings is 1. The van der Waals surface area contributed by atoms with E-state index in [2.05, 4.69) is 25.6 Å². The molecule has 0 bridgehead atoms. The van der Waals surface area contributed by atoms with E-state index in [9.17, 15) is 9.59 Å². The number of nitrogens with one attached hydrogen (secondary N) is 3. The molecule has 1 aromatic carbocycles. The number of fused-ring (bicyclic) bond motifs is 1. The fraction of sp³-hybridized carbons (Fsp3) is 0.250. The number of halogens is 1. The minimum atomic E-state index is -0.465. The highest BCUT2D eigenvalue weighted by Gasteiger charge is 2.38. The Morgan fingerprint density at radius 3 is 2.70 bits per heavy atom. The quantitative estimate of drug-likeness (QED) is 0.511. The van der Waals surface area contributed by atoms with E-state index < -0.39 is 6.17 Å². The van der Waals surface area contributed by atoms with Crippen molar-refractivity contribution in [2.75, 3.05) is 10.2 Å². The van der Waals surface area contributed by atoms with E-state index in [-0.39, 0.29) is 17.4 Å². The van der Waals surface area contributed by atoms with Gasteiger partial charge in [0.05, 0.1) is 16.6 Å². The lowest BCUT2D eigenvalue weighted by atomic mass is 10.0. The maximum absolute atomic E-state index is 13.7. The number of anilines is 2. The Labute approximate surface area is 196 Å². The number of amides is 1.